The van der Waals surface area contributed by atoms with Gasteiger partial charge in [-0.3, -0.25) is 4.79 Å². The molecular formula is C20H28N4O6S. The van der Waals surface area contributed by atoms with E-state index in [2.05, 4.69) is 10.3 Å². The van der Waals surface area contributed by atoms with E-state index in [1.165, 1.54) is 38.2 Å². The number of amides is 1. The summed E-state index contributed by atoms with van der Waals surface area (Å²) >= 11 is 0. The highest BCUT2D eigenvalue weighted by Gasteiger charge is 2.34. The van der Waals surface area contributed by atoms with Gasteiger partial charge in [0.15, 0.2) is 16.5 Å². The number of hydrogen-bond donors (Lipinski definition) is 1. The summed E-state index contributed by atoms with van der Waals surface area (Å²) in [4.78, 5) is 16.9. The highest BCUT2D eigenvalue weighted by atomic mass is 32.2. The Morgan fingerprint density at radius 3 is 2.42 bits per heavy atom. The van der Waals surface area contributed by atoms with Crippen LogP contribution in [0, 0.1) is 5.92 Å². The number of aryl methyl sites for hydroxylation is 1. The van der Waals surface area contributed by atoms with Crippen LogP contribution in [0.3, 0.4) is 0 Å². The SMILES string of the molecule is CCn1cnc(S(=O)(=O)N2CCC[C@@H](C(=O)Nc3cc(OC)c(OC)c(OC)c3)C2)c1. The Balaban J connectivity index is 1.75. The fourth-order valence-electron chi connectivity index (χ4n) is 3.55. The molecule has 1 atom stereocenters. The predicted molar refractivity (Wildman–Crippen MR) is 114 cm³/mol. The van der Waals surface area contributed by atoms with Crippen molar-refractivity contribution in [2.45, 2.75) is 31.3 Å². The molecule has 0 aliphatic carbocycles. The summed E-state index contributed by atoms with van der Waals surface area (Å²) in [7, 11) is 0.729. The van der Waals surface area contributed by atoms with E-state index in [-0.39, 0.29) is 17.5 Å². The van der Waals surface area contributed by atoms with E-state index in [9.17, 15) is 13.2 Å². The number of hydrogen-bond acceptors (Lipinski definition) is 7. The summed E-state index contributed by atoms with van der Waals surface area (Å²) in [6.45, 7) is 2.98. The molecule has 0 spiro atoms. The number of aromatic nitrogens is 2. The molecule has 11 heteroatoms. The van der Waals surface area contributed by atoms with Gasteiger partial charge in [0.2, 0.25) is 11.7 Å². The van der Waals surface area contributed by atoms with Crippen molar-refractivity contribution in [3.05, 3.63) is 24.7 Å². The van der Waals surface area contributed by atoms with Crippen LogP contribution in [0.4, 0.5) is 5.69 Å². The number of methoxy groups -OCH3 is 3. The van der Waals surface area contributed by atoms with Crippen LogP contribution in [0.2, 0.25) is 0 Å². The van der Waals surface area contributed by atoms with Crippen LogP contribution in [0.25, 0.3) is 0 Å². The van der Waals surface area contributed by atoms with Gasteiger partial charge in [0.1, 0.15) is 0 Å². The molecule has 1 N–H and O–H groups in total. The van der Waals surface area contributed by atoms with Crippen molar-refractivity contribution in [1.29, 1.82) is 0 Å². The summed E-state index contributed by atoms with van der Waals surface area (Å²) in [5.41, 5.74) is 0.473. The van der Waals surface area contributed by atoms with Crippen molar-refractivity contribution < 1.29 is 27.4 Å². The van der Waals surface area contributed by atoms with Crippen LogP contribution < -0.4 is 19.5 Å². The largest absolute Gasteiger partial charge is 0.493 e. The topological polar surface area (TPSA) is 112 Å². The smallest absolute Gasteiger partial charge is 0.262 e. The first-order chi connectivity index (χ1) is 14.8. The molecule has 0 radical (unpaired) electrons. The lowest BCUT2D eigenvalue weighted by Crippen LogP contribution is -2.43. The van der Waals surface area contributed by atoms with Crippen LogP contribution in [0.1, 0.15) is 19.8 Å². The molecule has 3 rings (SSSR count). The first-order valence-corrected chi connectivity index (χ1v) is 11.4. The van der Waals surface area contributed by atoms with Gasteiger partial charge in [-0.1, -0.05) is 0 Å². The van der Waals surface area contributed by atoms with E-state index in [0.29, 0.717) is 48.9 Å². The summed E-state index contributed by atoms with van der Waals surface area (Å²) in [5, 5.41) is 2.84. The maximum Gasteiger partial charge on any atom is 0.262 e. The average Bonchev–Trinajstić information content (AvgIpc) is 3.28. The zero-order valence-electron chi connectivity index (χ0n) is 18.1. The maximum absolute atomic E-state index is 13.0. The number of benzene rings is 1. The van der Waals surface area contributed by atoms with Crippen molar-refractivity contribution in [3.8, 4) is 17.2 Å². The van der Waals surface area contributed by atoms with Gasteiger partial charge in [-0.25, -0.2) is 13.4 Å². The zero-order chi connectivity index (χ0) is 22.6. The third-order valence-electron chi connectivity index (χ3n) is 5.27. The second-order valence-electron chi connectivity index (χ2n) is 7.15. The third kappa shape index (κ3) is 4.77. The summed E-state index contributed by atoms with van der Waals surface area (Å²) in [6, 6.07) is 3.27. The lowest BCUT2D eigenvalue weighted by molar-refractivity contribution is -0.120. The van der Waals surface area contributed by atoms with Crippen molar-refractivity contribution in [2.75, 3.05) is 39.7 Å². The van der Waals surface area contributed by atoms with E-state index >= 15 is 0 Å². The van der Waals surface area contributed by atoms with Gasteiger partial charge in [-0.2, -0.15) is 4.31 Å². The minimum absolute atomic E-state index is 0.0000327. The molecule has 1 fully saturated rings. The normalized spacial score (nSPS) is 17.2. The van der Waals surface area contributed by atoms with Crippen molar-refractivity contribution in [3.63, 3.8) is 0 Å². The minimum atomic E-state index is -3.76. The van der Waals surface area contributed by atoms with Crippen molar-refractivity contribution in [1.82, 2.24) is 13.9 Å². The monoisotopic (exact) mass is 452 g/mol. The Hall–Kier alpha value is -2.79. The standard InChI is InChI=1S/C20H28N4O6S/c1-5-23-12-18(21-13-23)31(26,27)24-8-6-7-14(11-24)20(25)22-15-9-16(28-2)19(30-4)17(10-15)29-3/h9-10,12-14H,5-8,11H2,1-4H3,(H,22,25)/t14-/m1/s1. The molecule has 0 saturated carbocycles. The van der Waals surface area contributed by atoms with E-state index in [1.807, 2.05) is 6.92 Å². The predicted octanol–water partition coefficient (Wildman–Crippen LogP) is 1.97. The van der Waals surface area contributed by atoms with Gasteiger partial charge in [-0.05, 0) is 19.8 Å². The number of anilines is 1. The molecule has 1 aromatic carbocycles. The van der Waals surface area contributed by atoms with Crippen LogP contribution in [0.5, 0.6) is 17.2 Å². The molecule has 1 aliphatic rings. The lowest BCUT2D eigenvalue weighted by Gasteiger charge is -2.30. The minimum Gasteiger partial charge on any atom is -0.493 e. The molecule has 31 heavy (non-hydrogen) atoms. The molecule has 1 aliphatic heterocycles. The van der Waals surface area contributed by atoms with E-state index < -0.39 is 15.9 Å². The van der Waals surface area contributed by atoms with Gasteiger partial charge >= 0.3 is 0 Å². The first-order valence-electron chi connectivity index (χ1n) is 9.96. The molecular weight excluding hydrogens is 424 g/mol. The Morgan fingerprint density at radius 1 is 1.19 bits per heavy atom. The lowest BCUT2D eigenvalue weighted by atomic mass is 9.98. The summed E-state index contributed by atoms with van der Waals surface area (Å²) in [5.74, 6) is 0.488. The fraction of sp³-hybridized carbons (Fsp3) is 0.500. The zero-order valence-corrected chi connectivity index (χ0v) is 18.9. The number of rotatable bonds is 8. The molecule has 1 amide bonds. The van der Waals surface area contributed by atoms with E-state index in [4.69, 9.17) is 14.2 Å². The molecule has 0 unspecified atom stereocenters. The van der Waals surface area contributed by atoms with Crippen LogP contribution in [-0.4, -0.2) is 62.6 Å². The quantitative estimate of drug-likeness (QED) is 0.652. The highest BCUT2D eigenvalue weighted by Crippen LogP contribution is 2.40. The van der Waals surface area contributed by atoms with Crippen LogP contribution in [-0.2, 0) is 21.4 Å². The van der Waals surface area contributed by atoms with Gasteiger partial charge in [0.25, 0.3) is 10.0 Å². The molecule has 0 bridgehead atoms. The molecule has 1 aromatic heterocycles. The van der Waals surface area contributed by atoms with Crippen LogP contribution >= 0.6 is 0 Å². The number of ether oxygens (including phenoxy) is 3. The average molecular weight is 453 g/mol. The number of carbonyl (C=O) groups excluding carboxylic acids is 1. The highest BCUT2D eigenvalue weighted by molar-refractivity contribution is 7.89. The number of sulfonamides is 1. The number of carbonyl (C=O) groups is 1. The van der Waals surface area contributed by atoms with Crippen molar-refractivity contribution in [2.24, 2.45) is 5.92 Å². The maximum atomic E-state index is 13.0. The fourth-order valence-corrected chi connectivity index (χ4v) is 5.01. The van der Waals surface area contributed by atoms with E-state index in [0.717, 1.165) is 0 Å². The molecule has 2 heterocycles. The third-order valence-corrected chi connectivity index (χ3v) is 7.02. The van der Waals surface area contributed by atoms with Gasteiger partial charge in [0.05, 0.1) is 33.6 Å². The van der Waals surface area contributed by atoms with E-state index in [1.54, 1.807) is 16.7 Å². The molecule has 10 nitrogen and oxygen atoms in total. The van der Waals surface area contributed by atoms with Gasteiger partial charge in [-0.15, -0.1) is 0 Å². The Morgan fingerprint density at radius 2 is 1.87 bits per heavy atom. The molecule has 1 saturated heterocycles. The molecule has 170 valence electrons. The Bertz CT molecular complexity index is 1010. The molecule has 2 aromatic rings. The first kappa shape index (κ1) is 22.9. The Labute approximate surface area is 182 Å². The summed E-state index contributed by atoms with van der Waals surface area (Å²) in [6.07, 6.45) is 4.17. The Kier molecular flexibility index (Phi) is 7.06. The van der Waals surface area contributed by atoms with Crippen LogP contribution in [0.15, 0.2) is 29.7 Å². The summed E-state index contributed by atoms with van der Waals surface area (Å²) < 4.78 is 44.9. The number of nitrogens with zero attached hydrogens (tertiary/aromatic N) is 3. The number of imidazole rings is 1. The number of nitrogens with one attached hydrogen (secondary N) is 1. The second-order valence-corrected chi connectivity index (χ2v) is 9.03. The van der Waals surface area contributed by atoms with Crippen molar-refractivity contribution >= 4 is 21.6 Å². The number of piperidine rings is 1. The second kappa shape index (κ2) is 9.56. The van der Waals surface area contributed by atoms with Gasteiger partial charge < -0.3 is 24.1 Å². The van der Waals surface area contributed by atoms with Gasteiger partial charge in [0, 0.05) is 43.7 Å².